The number of nitrogens with zero attached hydrogens (tertiary/aromatic N) is 5. The zero-order valence-corrected chi connectivity index (χ0v) is 25.7. The van der Waals surface area contributed by atoms with E-state index in [2.05, 4.69) is 31.7 Å². The van der Waals surface area contributed by atoms with Gasteiger partial charge in [-0.2, -0.15) is 9.97 Å². The van der Waals surface area contributed by atoms with E-state index >= 15 is 4.39 Å². The molecule has 1 N–H and O–H groups in total. The molecule has 0 bridgehead atoms. The van der Waals surface area contributed by atoms with E-state index in [-0.39, 0.29) is 40.2 Å². The molecule has 2 aromatic carbocycles. The molecule has 0 saturated carbocycles. The van der Waals surface area contributed by atoms with Crippen LogP contribution in [0.15, 0.2) is 49.2 Å². The van der Waals surface area contributed by atoms with Gasteiger partial charge in [-0.15, -0.1) is 0 Å². The van der Waals surface area contributed by atoms with Crippen LogP contribution >= 0.6 is 11.6 Å². The monoisotopic (exact) mass is 638 g/mol. The third kappa shape index (κ3) is 5.91. The average molecular weight is 639 g/mol. The number of hydrogen-bond acceptors (Lipinski definition) is 7. The minimum absolute atomic E-state index is 0.0177. The van der Waals surface area contributed by atoms with Gasteiger partial charge in [-0.1, -0.05) is 42.4 Å². The van der Waals surface area contributed by atoms with Crippen molar-refractivity contribution < 1.29 is 22.7 Å². The van der Waals surface area contributed by atoms with E-state index in [1.807, 2.05) is 0 Å². The molecule has 2 aromatic heterocycles. The van der Waals surface area contributed by atoms with Gasteiger partial charge in [-0.25, -0.2) is 13.2 Å². The van der Waals surface area contributed by atoms with E-state index in [9.17, 15) is 13.6 Å². The lowest BCUT2D eigenvalue weighted by atomic mass is 9.95. The molecular weight excluding hydrogens is 605 g/mol. The molecule has 7 rings (SSSR count). The molecule has 1 amide bonds. The summed E-state index contributed by atoms with van der Waals surface area (Å²) in [6.07, 6.45) is 6.86. The highest BCUT2D eigenvalue weighted by molar-refractivity contribution is 6.36. The molecule has 1 unspecified atom stereocenters. The summed E-state index contributed by atoms with van der Waals surface area (Å²) in [6, 6.07) is 8.26. The average Bonchev–Trinajstić information content (AvgIpc) is 3.78. The lowest BCUT2D eigenvalue weighted by Gasteiger charge is -2.31. The maximum Gasteiger partial charge on any atom is 0.319 e. The number of rotatable bonds is 6. The maximum absolute atomic E-state index is 16.0. The Morgan fingerprint density at radius 3 is 2.64 bits per heavy atom. The Hall–Kier alpha value is -3.96. The van der Waals surface area contributed by atoms with Gasteiger partial charge in [0.05, 0.1) is 22.5 Å². The van der Waals surface area contributed by atoms with Crippen molar-refractivity contribution >= 4 is 45.0 Å². The Labute approximate surface area is 264 Å². The van der Waals surface area contributed by atoms with Crippen LogP contribution in [0.5, 0.6) is 6.01 Å². The molecule has 4 aromatic rings. The Kier molecular flexibility index (Phi) is 8.83. The Morgan fingerprint density at radius 2 is 1.96 bits per heavy atom. The number of ether oxygens (including phenoxy) is 1. The molecule has 0 aliphatic carbocycles. The van der Waals surface area contributed by atoms with Gasteiger partial charge in [0.2, 0.25) is 5.91 Å². The predicted octanol–water partition coefficient (Wildman–Crippen LogP) is 6.57. The number of fused-ring (bicyclic) bond motifs is 3. The highest BCUT2D eigenvalue weighted by Gasteiger charge is 2.45. The van der Waals surface area contributed by atoms with Crippen LogP contribution in [0.3, 0.4) is 0 Å². The topological polar surface area (TPSA) is 83.5 Å². The Morgan fingerprint density at radius 1 is 1.18 bits per heavy atom. The van der Waals surface area contributed by atoms with Gasteiger partial charge in [0, 0.05) is 30.7 Å². The first-order valence-corrected chi connectivity index (χ1v) is 15.5. The summed E-state index contributed by atoms with van der Waals surface area (Å²) in [5.41, 5.74) is 0.536. The number of carbonyl (C=O) groups is 1. The van der Waals surface area contributed by atoms with Gasteiger partial charge in [-0.3, -0.25) is 14.7 Å². The number of pyridine rings is 1. The zero-order chi connectivity index (χ0) is 31.7. The van der Waals surface area contributed by atoms with Gasteiger partial charge in [0.15, 0.2) is 5.82 Å². The van der Waals surface area contributed by atoms with Crippen LogP contribution in [0.4, 0.5) is 19.0 Å². The molecule has 3 aliphatic rings. The van der Waals surface area contributed by atoms with Gasteiger partial charge in [0.25, 0.3) is 0 Å². The molecule has 0 radical (unpaired) electrons. The zero-order valence-electron chi connectivity index (χ0n) is 25.0. The minimum Gasteiger partial charge on any atom is -0.461 e. The van der Waals surface area contributed by atoms with Crippen molar-refractivity contribution in [3.05, 3.63) is 65.8 Å². The number of alkyl halides is 1. The number of amides is 1. The minimum atomic E-state index is -0.830. The van der Waals surface area contributed by atoms with Gasteiger partial charge in [0.1, 0.15) is 35.6 Å². The SMILES string of the molecule is C=CC(=O)N1CCC(F)C1.CNc1nc(OCC23CCCN2CCC3)nc2c(F)c(-c3cccc4ccc(F)c(Cl)c34)ncc12. The molecule has 1 atom stereocenters. The van der Waals surface area contributed by atoms with Crippen LogP contribution in [0.25, 0.3) is 32.9 Å². The Balaban J connectivity index is 0.000000306. The molecule has 8 nitrogen and oxygen atoms in total. The van der Waals surface area contributed by atoms with Crippen molar-refractivity contribution in [2.45, 2.75) is 43.8 Å². The molecule has 3 aliphatic heterocycles. The van der Waals surface area contributed by atoms with Crippen molar-refractivity contribution in [2.24, 2.45) is 0 Å². The number of carbonyl (C=O) groups excluding carboxylic acids is 1. The van der Waals surface area contributed by atoms with Gasteiger partial charge in [-0.05, 0) is 62.7 Å². The largest absolute Gasteiger partial charge is 0.461 e. The highest BCUT2D eigenvalue weighted by atomic mass is 35.5. The normalized spacial score (nSPS) is 19.0. The van der Waals surface area contributed by atoms with E-state index in [0.29, 0.717) is 47.1 Å². The molecule has 0 spiro atoms. The fourth-order valence-electron chi connectivity index (χ4n) is 6.69. The van der Waals surface area contributed by atoms with Crippen LogP contribution in [-0.4, -0.2) is 82.2 Å². The summed E-state index contributed by atoms with van der Waals surface area (Å²) < 4.78 is 48.8. The fraction of sp³-hybridized carbons (Fsp3) is 0.394. The van der Waals surface area contributed by atoms with Crippen LogP contribution in [0.1, 0.15) is 32.1 Å². The fourth-order valence-corrected chi connectivity index (χ4v) is 6.97. The number of aromatic nitrogens is 3. The standard InChI is InChI=1S/C26H24ClF2N5O.C7H10FNO/c1-30-24-17-13-31-22(16-6-2-5-15-7-8-18(28)20(27)19(15)16)21(29)23(17)32-25(33-24)35-14-26-9-3-11-34(26)12-4-10-26;1-2-7(10)9-4-3-6(8)5-9/h2,5-8,13H,3-4,9-12,14H2,1H3,(H,30,32,33);2,6H,1,3-5H2. The molecule has 3 saturated heterocycles. The van der Waals surface area contributed by atoms with Crippen molar-refractivity contribution in [3.8, 4) is 17.3 Å². The summed E-state index contributed by atoms with van der Waals surface area (Å²) in [6.45, 7) is 6.73. The van der Waals surface area contributed by atoms with E-state index in [4.69, 9.17) is 16.3 Å². The first-order chi connectivity index (χ1) is 21.7. The summed E-state index contributed by atoms with van der Waals surface area (Å²) in [4.78, 5) is 28.0. The number of anilines is 1. The van der Waals surface area contributed by atoms with Crippen molar-refractivity contribution in [1.82, 2.24) is 24.8 Å². The number of halogens is 4. The maximum atomic E-state index is 16.0. The van der Waals surface area contributed by atoms with Crippen molar-refractivity contribution in [3.63, 3.8) is 0 Å². The van der Waals surface area contributed by atoms with E-state index < -0.39 is 17.8 Å². The van der Waals surface area contributed by atoms with Crippen LogP contribution < -0.4 is 10.1 Å². The molecule has 45 heavy (non-hydrogen) atoms. The second-order valence-electron chi connectivity index (χ2n) is 11.6. The van der Waals surface area contributed by atoms with E-state index in [0.717, 1.165) is 38.8 Å². The van der Waals surface area contributed by atoms with E-state index in [1.165, 1.54) is 23.2 Å². The summed E-state index contributed by atoms with van der Waals surface area (Å²) in [5.74, 6) is -0.951. The molecule has 12 heteroatoms. The third-order valence-electron chi connectivity index (χ3n) is 8.99. The number of hydrogen-bond donors (Lipinski definition) is 1. The summed E-state index contributed by atoms with van der Waals surface area (Å²) in [7, 11) is 1.71. The number of likely N-dealkylation sites (tertiary alicyclic amines) is 1. The van der Waals surface area contributed by atoms with Crippen LogP contribution in [-0.2, 0) is 4.79 Å². The van der Waals surface area contributed by atoms with Crippen LogP contribution in [0.2, 0.25) is 5.02 Å². The first-order valence-electron chi connectivity index (χ1n) is 15.1. The molecule has 236 valence electrons. The second-order valence-corrected chi connectivity index (χ2v) is 12.0. The Bertz CT molecular complexity index is 1760. The smallest absolute Gasteiger partial charge is 0.319 e. The highest BCUT2D eigenvalue weighted by Crippen LogP contribution is 2.40. The van der Waals surface area contributed by atoms with Crippen molar-refractivity contribution in [1.29, 1.82) is 0 Å². The quantitative estimate of drug-likeness (QED) is 0.239. The third-order valence-corrected chi connectivity index (χ3v) is 9.36. The lowest BCUT2D eigenvalue weighted by molar-refractivity contribution is -0.125. The van der Waals surface area contributed by atoms with E-state index in [1.54, 1.807) is 31.3 Å². The predicted molar refractivity (Wildman–Crippen MR) is 169 cm³/mol. The molecule has 5 heterocycles. The van der Waals surface area contributed by atoms with Crippen LogP contribution in [0, 0.1) is 11.6 Å². The van der Waals surface area contributed by atoms with Gasteiger partial charge >= 0.3 is 6.01 Å². The molecular formula is C33H34ClF3N6O2. The molecule has 3 fully saturated rings. The van der Waals surface area contributed by atoms with Crippen molar-refractivity contribution in [2.75, 3.05) is 45.2 Å². The summed E-state index contributed by atoms with van der Waals surface area (Å²) >= 11 is 6.29. The number of benzene rings is 2. The van der Waals surface area contributed by atoms with Gasteiger partial charge < -0.3 is 15.0 Å². The lowest BCUT2D eigenvalue weighted by Crippen LogP contribution is -2.43. The first kappa shape index (κ1) is 31.0. The second kappa shape index (κ2) is 12.8. The number of nitrogens with one attached hydrogen (secondary N) is 1. The summed E-state index contributed by atoms with van der Waals surface area (Å²) in [5, 5.41) is 4.45.